The third-order valence-electron chi connectivity index (χ3n) is 4.24. The van der Waals surface area contributed by atoms with Crippen molar-refractivity contribution in [1.29, 1.82) is 0 Å². The van der Waals surface area contributed by atoms with E-state index in [2.05, 4.69) is 38.3 Å². The summed E-state index contributed by atoms with van der Waals surface area (Å²) in [5.41, 5.74) is 1.75. The molecule has 1 aliphatic rings. The lowest BCUT2D eigenvalue weighted by Gasteiger charge is -2.39. The summed E-state index contributed by atoms with van der Waals surface area (Å²) < 4.78 is 11.3. The predicted octanol–water partition coefficient (Wildman–Crippen LogP) is 2.66. The summed E-state index contributed by atoms with van der Waals surface area (Å²) in [4.78, 5) is 2.18. The topological polar surface area (TPSA) is 77.2 Å². The van der Waals surface area contributed by atoms with Crippen LogP contribution in [-0.4, -0.2) is 40.1 Å². The van der Waals surface area contributed by atoms with Crippen LogP contribution in [-0.2, 0) is 0 Å². The Balaban J connectivity index is 1.31. The van der Waals surface area contributed by atoms with Gasteiger partial charge in [0.1, 0.15) is 11.4 Å². The number of aryl methyl sites for hydroxylation is 2. The molecule has 0 saturated carbocycles. The summed E-state index contributed by atoms with van der Waals surface area (Å²) >= 11 is 0. The van der Waals surface area contributed by atoms with E-state index in [4.69, 9.17) is 9.15 Å². The first-order valence-electron chi connectivity index (χ1n) is 8.26. The normalized spacial score (nSPS) is 14.4. The minimum Gasteiger partial charge on any atom is -0.493 e. The van der Waals surface area contributed by atoms with Gasteiger partial charge >= 0.3 is 0 Å². The van der Waals surface area contributed by atoms with Crippen LogP contribution in [0.5, 0.6) is 5.75 Å². The van der Waals surface area contributed by atoms with Crippen LogP contribution in [0.1, 0.15) is 11.5 Å². The first-order chi connectivity index (χ1) is 12.2. The number of ether oxygens (including phenoxy) is 1. The fraction of sp³-hybridized carbons (Fsp3) is 0.333. The average Bonchev–Trinajstić information content (AvgIpc) is 3.02. The lowest BCUT2D eigenvalue weighted by molar-refractivity contribution is 0.219. The van der Waals surface area contributed by atoms with Gasteiger partial charge in [-0.2, -0.15) is 0 Å². The molecule has 7 nitrogen and oxygen atoms in total. The molecule has 0 N–H and O–H groups in total. The zero-order valence-electron chi connectivity index (χ0n) is 14.2. The molecule has 1 fully saturated rings. The van der Waals surface area contributed by atoms with Gasteiger partial charge in [0, 0.05) is 25.9 Å². The molecule has 0 aliphatic carbocycles. The Hall–Kier alpha value is -2.96. The molecule has 0 atom stereocenters. The van der Waals surface area contributed by atoms with Crippen molar-refractivity contribution >= 4 is 5.82 Å². The molecule has 0 radical (unpaired) electrons. The van der Waals surface area contributed by atoms with Crippen LogP contribution in [0.3, 0.4) is 0 Å². The maximum absolute atomic E-state index is 5.91. The lowest BCUT2D eigenvalue weighted by atomic mass is 10.0. The smallest absolute Gasteiger partial charge is 0.268 e. The van der Waals surface area contributed by atoms with Gasteiger partial charge in [-0.25, -0.2) is 0 Å². The second kappa shape index (κ2) is 6.51. The van der Waals surface area contributed by atoms with Gasteiger partial charge in [-0.15, -0.1) is 20.4 Å². The monoisotopic (exact) mass is 337 g/mol. The minimum atomic E-state index is 0.393. The van der Waals surface area contributed by atoms with E-state index < -0.39 is 0 Å². The van der Waals surface area contributed by atoms with Gasteiger partial charge in [0.05, 0.1) is 6.61 Å². The maximum atomic E-state index is 5.91. The average molecular weight is 337 g/mol. The predicted molar refractivity (Wildman–Crippen MR) is 92.4 cm³/mol. The summed E-state index contributed by atoms with van der Waals surface area (Å²) in [6.45, 7) is 6.36. The molecule has 25 heavy (non-hydrogen) atoms. The van der Waals surface area contributed by atoms with Crippen molar-refractivity contribution in [3.05, 3.63) is 47.9 Å². The number of aromatic nitrogens is 4. The second-order valence-electron chi connectivity index (χ2n) is 6.25. The molecule has 0 amide bonds. The SMILES string of the molecule is Cc1nnc(-c2ccc(N3CC(COc4ccccc4C)C3)nn2)o1. The van der Waals surface area contributed by atoms with Crippen molar-refractivity contribution in [3.63, 3.8) is 0 Å². The van der Waals surface area contributed by atoms with Crippen molar-refractivity contribution in [1.82, 2.24) is 20.4 Å². The molecule has 128 valence electrons. The highest BCUT2D eigenvalue weighted by Crippen LogP contribution is 2.25. The molecule has 7 heteroatoms. The van der Waals surface area contributed by atoms with Crippen molar-refractivity contribution < 1.29 is 9.15 Å². The van der Waals surface area contributed by atoms with Crippen molar-refractivity contribution in [2.45, 2.75) is 13.8 Å². The molecule has 2 aromatic heterocycles. The summed E-state index contributed by atoms with van der Waals surface area (Å²) in [6, 6.07) is 11.9. The molecular formula is C18H19N5O2. The van der Waals surface area contributed by atoms with Gasteiger partial charge in [0.25, 0.3) is 5.89 Å². The molecule has 1 aliphatic heterocycles. The van der Waals surface area contributed by atoms with Crippen LogP contribution < -0.4 is 9.64 Å². The van der Waals surface area contributed by atoms with Gasteiger partial charge in [0.15, 0.2) is 5.82 Å². The van der Waals surface area contributed by atoms with Gasteiger partial charge in [-0.3, -0.25) is 0 Å². The number of nitrogens with zero attached hydrogens (tertiary/aromatic N) is 5. The Morgan fingerprint density at radius 3 is 2.56 bits per heavy atom. The molecule has 0 bridgehead atoms. The Labute approximate surface area is 145 Å². The summed E-state index contributed by atoms with van der Waals surface area (Å²) in [5.74, 6) is 3.22. The van der Waals surface area contributed by atoms with Crippen LogP contribution in [0.15, 0.2) is 40.8 Å². The number of rotatable bonds is 5. The van der Waals surface area contributed by atoms with E-state index in [1.54, 1.807) is 6.92 Å². The van der Waals surface area contributed by atoms with E-state index in [-0.39, 0.29) is 0 Å². The fourth-order valence-electron chi connectivity index (χ4n) is 2.80. The minimum absolute atomic E-state index is 0.393. The maximum Gasteiger partial charge on any atom is 0.268 e. The van der Waals surface area contributed by atoms with Crippen LogP contribution in [0.2, 0.25) is 0 Å². The van der Waals surface area contributed by atoms with Crippen LogP contribution in [0.4, 0.5) is 5.82 Å². The third-order valence-corrected chi connectivity index (χ3v) is 4.24. The van der Waals surface area contributed by atoms with E-state index in [1.165, 1.54) is 0 Å². The Morgan fingerprint density at radius 2 is 1.88 bits per heavy atom. The third kappa shape index (κ3) is 3.31. The quantitative estimate of drug-likeness (QED) is 0.708. The Morgan fingerprint density at radius 1 is 1.04 bits per heavy atom. The van der Waals surface area contributed by atoms with Gasteiger partial charge in [0.2, 0.25) is 5.89 Å². The molecule has 1 saturated heterocycles. The van der Waals surface area contributed by atoms with Crippen molar-refractivity contribution in [3.8, 4) is 17.3 Å². The number of benzene rings is 1. The van der Waals surface area contributed by atoms with E-state index >= 15 is 0 Å². The number of hydrogen-bond acceptors (Lipinski definition) is 7. The van der Waals surface area contributed by atoms with Crippen LogP contribution in [0.25, 0.3) is 11.6 Å². The van der Waals surface area contributed by atoms with E-state index in [0.29, 0.717) is 30.0 Å². The fourth-order valence-corrected chi connectivity index (χ4v) is 2.80. The highest BCUT2D eigenvalue weighted by molar-refractivity contribution is 5.50. The van der Waals surface area contributed by atoms with Crippen LogP contribution >= 0.6 is 0 Å². The summed E-state index contributed by atoms with van der Waals surface area (Å²) in [6.07, 6.45) is 0. The van der Waals surface area contributed by atoms with E-state index in [1.807, 2.05) is 30.3 Å². The van der Waals surface area contributed by atoms with Crippen molar-refractivity contribution in [2.24, 2.45) is 5.92 Å². The first-order valence-corrected chi connectivity index (χ1v) is 8.26. The standard InChI is InChI=1S/C18H19N5O2/c1-12-5-3-4-6-16(12)24-11-14-9-23(10-14)17-8-7-15(20-21-17)18-22-19-13(2)25-18/h3-8,14H,9-11H2,1-2H3. The molecule has 4 rings (SSSR count). The zero-order chi connectivity index (χ0) is 17.2. The summed E-state index contributed by atoms with van der Waals surface area (Å²) in [5, 5.41) is 16.2. The second-order valence-corrected chi connectivity index (χ2v) is 6.25. The van der Waals surface area contributed by atoms with E-state index in [9.17, 15) is 0 Å². The molecule has 1 aromatic carbocycles. The highest BCUT2D eigenvalue weighted by Gasteiger charge is 2.28. The number of para-hydroxylation sites is 1. The molecule has 3 heterocycles. The van der Waals surface area contributed by atoms with Gasteiger partial charge in [-0.1, -0.05) is 18.2 Å². The molecule has 3 aromatic rings. The Bertz CT molecular complexity index is 856. The number of hydrogen-bond donors (Lipinski definition) is 0. The van der Waals surface area contributed by atoms with Crippen molar-refractivity contribution in [2.75, 3.05) is 24.6 Å². The molecule has 0 unspecified atom stereocenters. The van der Waals surface area contributed by atoms with E-state index in [0.717, 1.165) is 30.2 Å². The summed E-state index contributed by atoms with van der Waals surface area (Å²) in [7, 11) is 0. The molecule has 0 spiro atoms. The first kappa shape index (κ1) is 15.6. The van der Waals surface area contributed by atoms with Gasteiger partial charge < -0.3 is 14.1 Å². The zero-order valence-corrected chi connectivity index (χ0v) is 14.2. The van der Waals surface area contributed by atoms with Gasteiger partial charge in [-0.05, 0) is 30.7 Å². The lowest BCUT2D eigenvalue weighted by Crippen LogP contribution is -2.49. The number of anilines is 1. The Kier molecular flexibility index (Phi) is 4.05. The molecular weight excluding hydrogens is 318 g/mol. The highest BCUT2D eigenvalue weighted by atomic mass is 16.5. The van der Waals surface area contributed by atoms with Crippen LogP contribution in [0, 0.1) is 19.8 Å². The largest absolute Gasteiger partial charge is 0.493 e.